The van der Waals surface area contributed by atoms with Crippen molar-refractivity contribution in [3.05, 3.63) is 102 Å². The number of allylic oxidation sites excluding steroid dienone is 1. The Morgan fingerprint density at radius 2 is 1.89 bits per heavy atom. The van der Waals surface area contributed by atoms with E-state index in [2.05, 4.69) is 26.6 Å². The van der Waals surface area contributed by atoms with Crippen molar-refractivity contribution in [1.82, 2.24) is 4.98 Å². The summed E-state index contributed by atoms with van der Waals surface area (Å²) < 4.78 is 0. The second-order valence-electron chi connectivity index (χ2n) is 9.43. The van der Waals surface area contributed by atoms with Gasteiger partial charge in [0.15, 0.2) is 5.75 Å². The first-order chi connectivity index (χ1) is 18.5. The van der Waals surface area contributed by atoms with Crippen molar-refractivity contribution in [1.29, 1.82) is 0 Å². The maximum atomic E-state index is 13.5. The molecular weight excluding hydrogens is 474 g/mol. The van der Waals surface area contributed by atoms with Crippen molar-refractivity contribution in [2.24, 2.45) is 16.0 Å². The van der Waals surface area contributed by atoms with Gasteiger partial charge in [0.2, 0.25) is 0 Å². The van der Waals surface area contributed by atoms with Gasteiger partial charge in [0.25, 0.3) is 5.91 Å². The summed E-state index contributed by atoms with van der Waals surface area (Å²) in [7, 11) is 0. The van der Waals surface area contributed by atoms with E-state index < -0.39 is 5.91 Å². The molecule has 4 aromatic carbocycles. The number of nitrogens with zero attached hydrogens (tertiary/aromatic N) is 2. The average Bonchev–Trinajstić information content (AvgIpc) is 3.32. The Bertz CT molecular complexity index is 1810. The van der Waals surface area contributed by atoms with Crippen molar-refractivity contribution in [3.63, 3.8) is 0 Å². The molecule has 0 saturated heterocycles. The smallest absolute Gasteiger partial charge is 0.259 e. The van der Waals surface area contributed by atoms with Gasteiger partial charge in [-0.3, -0.25) is 4.79 Å². The number of H-pyrrole nitrogens is 1. The third-order valence-corrected chi connectivity index (χ3v) is 7.00. The van der Waals surface area contributed by atoms with Gasteiger partial charge < -0.3 is 21.1 Å². The predicted octanol–water partition coefficient (Wildman–Crippen LogP) is 7.25. The molecule has 1 unspecified atom stereocenters. The Morgan fingerprint density at radius 3 is 2.71 bits per heavy atom. The monoisotopic (exact) mass is 501 g/mol. The summed E-state index contributed by atoms with van der Waals surface area (Å²) in [6.07, 6.45) is 7.02. The first-order valence-electron chi connectivity index (χ1n) is 12.7. The lowest BCUT2D eigenvalue weighted by atomic mass is 9.99. The van der Waals surface area contributed by atoms with Crippen LogP contribution < -0.4 is 11.1 Å². The van der Waals surface area contributed by atoms with Gasteiger partial charge >= 0.3 is 0 Å². The number of nitrogens with one attached hydrogen (secondary N) is 2. The number of aryl methyl sites for hydroxylation is 1. The van der Waals surface area contributed by atoms with Gasteiger partial charge in [0.05, 0.1) is 16.8 Å². The lowest BCUT2D eigenvalue weighted by molar-refractivity contribution is 0.102. The summed E-state index contributed by atoms with van der Waals surface area (Å²) in [6.45, 7) is 2.03. The summed E-state index contributed by atoms with van der Waals surface area (Å²) in [5, 5.41) is 26.9. The normalized spacial score (nSPS) is 15.5. The number of benzene rings is 4. The van der Waals surface area contributed by atoms with E-state index in [-0.39, 0.29) is 23.0 Å². The van der Waals surface area contributed by atoms with Gasteiger partial charge in [-0.1, -0.05) is 67.6 Å². The number of phenols is 1. The van der Waals surface area contributed by atoms with Gasteiger partial charge in [0.1, 0.15) is 5.69 Å². The number of aromatic amines is 1. The van der Waals surface area contributed by atoms with E-state index in [1.165, 1.54) is 0 Å². The molecule has 0 fully saturated rings. The van der Waals surface area contributed by atoms with E-state index in [4.69, 9.17) is 5.73 Å². The molecule has 0 radical (unpaired) electrons. The number of rotatable bonds is 5. The highest BCUT2D eigenvalue weighted by Crippen LogP contribution is 2.44. The molecule has 1 atom stereocenters. The zero-order valence-corrected chi connectivity index (χ0v) is 20.9. The Kier molecular flexibility index (Phi) is 5.98. The number of aromatic nitrogens is 1. The number of nitrogens with two attached hydrogens (primary N) is 1. The minimum Gasteiger partial charge on any atom is -0.505 e. The van der Waals surface area contributed by atoms with Crippen LogP contribution in [0.3, 0.4) is 0 Å². The molecule has 0 aliphatic heterocycles. The molecule has 38 heavy (non-hydrogen) atoms. The average molecular weight is 502 g/mol. The topological polar surface area (TPSA) is 116 Å². The molecule has 188 valence electrons. The number of azo groups is 1. The van der Waals surface area contributed by atoms with E-state index in [1.807, 2.05) is 79.7 Å². The largest absolute Gasteiger partial charge is 0.505 e. The van der Waals surface area contributed by atoms with E-state index in [0.29, 0.717) is 23.2 Å². The van der Waals surface area contributed by atoms with Crippen molar-refractivity contribution in [3.8, 4) is 5.75 Å². The highest BCUT2D eigenvalue weighted by atomic mass is 16.3. The zero-order valence-electron chi connectivity index (χ0n) is 20.9. The number of phenolic OH excluding ortho intramolecular Hbond substituents is 1. The quantitative estimate of drug-likeness (QED) is 0.190. The fourth-order valence-corrected chi connectivity index (χ4v) is 5.00. The number of para-hydroxylation sites is 2. The minimum atomic E-state index is -0.416. The Morgan fingerprint density at radius 1 is 1.08 bits per heavy atom. The zero-order chi connectivity index (χ0) is 26.2. The molecule has 1 aromatic heterocycles. The first-order valence-corrected chi connectivity index (χ1v) is 12.7. The van der Waals surface area contributed by atoms with Crippen LogP contribution in [0.25, 0.3) is 32.6 Å². The number of anilines is 1. The van der Waals surface area contributed by atoms with Crippen molar-refractivity contribution in [2.75, 3.05) is 5.32 Å². The number of carbonyl (C=O) groups is 1. The molecule has 7 heteroatoms. The third-order valence-electron chi connectivity index (χ3n) is 7.00. The van der Waals surface area contributed by atoms with Gasteiger partial charge in [-0.25, -0.2) is 0 Å². The number of amides is 1. The van der Waals surface area contributed by atoms with Gasteiger partial charge in [-0.15, -0.1) is 5.11 Å². The summed E-state index contributed by atoms with van der Waals surface area (Å²) in [4.78, 5) is 16.9. The summed E-state index contributed by atoms with van der Waals surface area (Å²) >= 11 is 0. The number of carbonyl (C=O) groups excluding carboxylic acids is 1. The third kappa shape index (κ3) is 4.13. The van der Waals surface area contributed by atoms with Crippen LogP contribution in [0.15, 0.2) is 101 Å². The summed E-state index contributed by atoms with van der Waals surface area (Å²) in [5.41, 5.74) is 10.5. The van der Waals surface area contributed by atoms with Crippen LogP contribution >= 0.6 is 0 Å². The van der Waals surface area contributed by atoms with Crippen LogP contribution in [-0.2, 0) is 6.42 Å². The molecule has 0 spiro atoms. The molecule has 1 aliphatic rings. The molecular formula is C31H27N5O2. The standard InChI is InChI=1S/C31H27N5O2/c1-2-18-7-3-5-9-25(18)34-31(38)24-17-19-11-16-23-22-8-4-6-10-26(22)33-28(23)27(19)29(30(24)37)36-35-21-14-12-20(32)13-15-21/h3-12,14-17,20,33,37H,2,13,32H2,1H3,(H,34,38). The molecule has 1 heterocycles. The second kappa shape index (κ2) is 9.61. The SMILES string of the molecule is CCc1ccccc1NC(=O)c1cc2ccc3c4ccccc4[nH]c3c2c(N=NC2=CCC(N)C=C2)c1O. The molecule has 7 nitrogen and oxygen atoms in total. The van der Waals surface area contributed by atoms with E-state index in [9.17, 15) is 9.90 Å². The van der Waals surface area contributed by atoms with Crippen LogP contribution in [-0.4, -0.2) is 22.0 Å². The fraction of sp³-hybridized carbons (Fsp3) is 0.129. The number of hydrogen-bond donors (Lipinski definition) is 4. The van der Waals surface area contributed by atoms with Gasteiger partial charge in [-0.2, -0.15) is 5.11 Å². The highest BCUT2D eigenvalue weighted by Gasteiger charge is 2.22. The number of aromatic hydroxyl groups is 1. The molecule has 1 aliphatic carbocycles. The highest BCUT2D eigenvalue weighted by molar-refractivity contribution is 6.22. The van der Waals surface area contributed by atoms with Crippen LogP contribution in [0.1, 0.15) is 29.3 Å². The van der Waals surface area contributed by atoms with E-state index in [1.54, 1.807) is 6.07 Å². The Labute approximate surface area is 219 Å². The van der Waals surface area contributed by atoms with Gasteiger partial charge in [-0.05, 0) is 48.1 Å². The van der Waals surface area contributed by atoms with Gasteiger partial charge in [0, 0.05) is 33.4 Å². The second-order valence-corrected chi connectivity index (χ2v) is 9.43. The van der Waals surface area contributed by atoms with Crippen molar-refractivity contribution >= 4 is 49.9 Å². The first kappa shape index (κ1) is 23.6. The summed E-state index contributed by atoms with van der Waals surface area (Å²) in [5.74, 6) is -0.641. The van der Waals surface area contributed by atoms with Crippen LogP contribution in [0, 0.1) is 0 Å². The molecule has 0 bridgehead atoms. The molecule has 6 rings (SSSR count). The van der Waals surface area contributed by atoms with E-state index in [0.717, 1.165) is 39.2 Å². The molecule has 1 amide bonds. The van der Waals surface area contributed by atoms with E-state index >= 15 is 0 Å². The predicted molar refractivity (Wildman–Crippen MR) is 153 cm³/mol. The molecule has 0 saturated carbocycles. The molecule has 5 N–H and O–H groups in total. The summed E-state index contributed by atoms with van der Waals surface area (Å²) in [6, 6.07) is 21.3. The number of hydrogen-bond acceptors (Lipinski definition) is 5. The Hall–Kier alpha value is -4.75. The minimum absolute atomic E-state index is 0.0489. The maximum Gasteiger partial charge on any atom is 0.259 e. The van der Waals surface area contributed by atoms with Crippen molar-refractivity contribution in [2.45, 2.75) is 25.8 Å². The Balaban J connectivity index is 1.55. The van der Waals surface area contributed by atoms with Crippen LogP contribution in [0.4, 0.5) is 11.4 Å². The lowest BCUT2D eigenvalue weighted by Crippen LogP contribution is -2.17. The van der Waals surface area contributed by atoms with Crippen molar-refractivity contribution < 1.29 is 9.90 Å². The van der Waals surface area contributed by atoms with Crippen LogP contribution in [0.5, 0.6) is 5.75 Å². The molecule has 5 aromatic rings. The maximum absolute atomic E-state index is 13.5. The number of fused-ring (bicyclic) bond motifs is 5. The fourth-order valence-electron chi connectivity index (χ4n) is 5.00. The lowest BCUT2D eigenvalue weighted by Gasteiger charge is -2.14. The van der Waals surface area contributed by atoms with Crippen LogP contribution in [0.2, 0.25) is 0 Å².